The van der Waals surface area contributed by atoms with Gasteiger partial charge in [-0.25, -0.2) is 4.98 Å². The van der Waals surface area contributed by atoms with E-state index >= 15 is 0 Å². The van der Waals surface area contributed by atoms with Gasteiger partial charge in [-0.2, -0.15) is 0 Å². The maximum Gasteiger partial charge on any atom is 0.254 e. The maximum atomic E-state index is 13.2. The Morgan fingerprint density at radius 2 is 1.96 bits per heavy atom. The first-order valence-corrected chi connectivity index (χ1v) is 8.76. The highest BCUT2D eigenvalue weighted by atomic mass is 35.5. The number of amides is 1. The molecule has 0 spiro atoms. The molecule has 6 heteroatoms. The zero-order valence-corrected chi connectivity index (χ0v) is 15.0. The van der Waals surface area contributed by atoms with Gasteiger partial charge < -0.3 is 14.4 Å². The molecule has 132 valence electrons. The number of aromatic nitrogens is 1. The molecule has 1 amide bonds. The molecule has 0 N–H and O–H groups in total. The Balaban J connectivity index is 1.66. The maximum absolute atomic E-state index is 13.2. The molecule has 1 aliphatic rings. The summed E-state index contributed by atoms with van der Waals surface area (Å²) in [6.07, 6.45) is 0. The number of carbonyl (C=O) groups is 1. The zero-order chi connectivity index (χ0) is 18.1. The summed E-state index contributed by atoms with van der Waals surface area (Å²) in [5.74, 6) is 1.36. The topological polar surface area (TPSA) is 51.7 Å². The van der Waals surface area contributed by atoms with Gasteiger partial charge in [0.1, 0.15) is 5.15 Å². The Morgan fingerprint density at radius 1 is 1.15 bits per heavy atom. The number of hydrogen-bond donors (Lipinski definition) is 0. The number of nitrogens with zero attached hydrogens (tertiary/aromatic N) is 2. The molecule has 4 rings (SSSR count). The van der Waals surface area contributed by atoms with Gasteiger partial charge in [-0.1, -0.05) is 35.9 Å². The standard InChI is InChI=1S/C20H17ClN2O3/c1-2-23(11-13-7-8-17-18(9-13)26-12-25-17)20(24)15-10-19(21)22-16-6-4-3-5-14(15)16/h3-10H,2,11-12H2,1H3. The number of para-hydroxylation sites is 1. The normalized spacial score (nSPS) is 12.4. The van der Waals surface area contributed by atoms with E-state index in [-0.39, 0.29) is 12.7 Å². The van der Waals surface area contributed by atoms with Crippen molar-refractivity contribution >= 4 is 28.4 Å². The lowest BCUT2D eigenvalue weighted by molar-refractivity contribution is 0.0754. The van der Waals surface area contributed by atoms with Gasteiger partial charge in [0.25, 0.3) is 5.91 Å². The van der Waals surface area contributed by atoms with Crippen molar-refractivity contribution in [1.29, 1.82) is 0 Å². The van der Waals surface area contributed by atoms with Crippen LogP contribution in [0.4, 0.5) is 0 Å². The summed E-state index contributed by atoms with van der Waals surface area (Å²) >= 11 is 6.13. The number of halogens is 1. The highest BCUT2D eigenvalue weighted by Crippen LogP contribution is 2.33. The van der Waals surface area contributed by atoms with Gasteiger partial charge in [-0.15, -0.1) is 0 Å². The Morgan fingerprint density at radius 3 is 2.81 bits per heavy atom. The second kappa shape index (κ2) is 6.84. The fourth-order valence-corrected chi connectivity index (χ4v) is 3.28. The number of rotatable bonds is 4. The summed E-state index contributed by atoms with van der Waals surface area (Å²) in [5, 5.41) is 1.11. The smallest absolute Gasteiger partial charge is 0.254 e. The van der Waals surface area contributed by atoms with E-state index in [1.165, 1.54) is 0 Å². The highest BCUT2D eigenvalue weighted by Gasteiger charge is 2.20. The Bertz CT molecular complexity index is 990. The molecule has 0 saturated carbocycles. The van der Waals surface area contributed by atoms with E-state index in [1.54, 1.807) is 11.0 Å². The first-order chi connectivity index (χ1) is 12.7. The molecule has 0 bridgehead atoms. The lowest BCUT2D eigenvalue weighted by Gasteiger charge is -2.22. The third-order valence-corrected chi connectivity index (χ3v) is 4.59. The van der Waals surface area contributed by atoms with Crippen LogP contribution in [0.1, 0.15) is 22.8 Å². The number of ether oxygens (including phenoxy) is 2. The van der Waals surface area contributed by atoms with Crippen molar-refractivity contribution in [3.05, 3.63) is 64.8 Å². The van der Waals surface area contributed by atoms with Crippen molar-refractivity contribution in [2.24, 2.45) is 0 Å². The molecule has 0 radical (unpaired) electrons. The number of pyridine rings is 1. The molecule has 3 aromatic rings. The van der Waals surface area contributed by atoms with Crippen molar-refractivity contribution in [3.8, 4) is 11.5 Å². The minimum atomic E-state index is -0.0781. The van der Waals surface area contributed by atoms with Crippen LogP contribution in [0.2, 0.25) is 5.15 Å². The van der Waals surface area contributed by atoms with E-state index in [0.717, 1.165) is 16.7 Å². The van der Waals surface area contributed by atoms with Crippen LogP contribution in [0.25, 0.3) is 10.9 Å². The highest BCUT2D eigenvalue weighted by molar-refractivity contribution is 6.30. The lowest BCUT2D eigenvalue weighted by Crippen LogP contribution is -2.30. The minimum Gasteiger partial charge on any atom is -0.454 e. The van der Waals surface area contributed by atoms with Crippen LogP contribution in [0, 0.1) is 0 Å². The van der Waals surface area contributed by atoms with Crippen molar-refractivity contribution in [3.63, 3.8) is 0 Å². The Kier molecular flexibility index (Phi) is 4.39. The average molecular weight is 369 g/mol. The van der Waals surface area contributed by atoms with Crippen LogP contribution in [-0.2, 0) is 6.54 Å². The van der Waals surface area contributed by atoms with Crippen molar-refractivity contribution < 1.29 is 14.3 Å². The molecule has 26 heavy (non-hydrogen) atoms. The predicted octanol–water partition coefficient (Wildman–Crippen LogP) is 4.28. The molecule has 5 nitrogen and oxygen atoms in total. The summed E-state index contributed by atoms with van der Waals surface area (Å²) in [5.41, 5.74) is 2.25. The van der Waals surface area contributed by atoms with Crippen LogP contribution < -0.4 is 9.47 Å². The lowest BCUT2D eigenvalue weighted by atomic mass is 10.1. The number of benzene rings is 2. The minimum absolute atomic E-state index is 0.0781. The van der Waals surface area contributed by atoms with Crippen LogP contribution in [0.3, 0.4) is 0 Å². The molecule has 1 aliphatic heterocycles. The number of fused-ring (bicyclic) bond motifs is 2. The van der Waals surface area contributed by atoms with E-state index in [0.29, 0.717) is 35.1 Å². The second-order valence-corrected chi connectivity index (χ2v) is 6.40. The van der Waals surface area contributed by atoms with E-state index < -0.39 is 0 Å². The van der Waals surface area contributed by atoms with Gasteiger partial charge in [0.2, 0.25) is 6.79 Å². The van der Waals surface area contributed by atoms with E-state index in [2.05, 4.69) is 4.98 Å². The second-order valence-electron chi connectivity index (χ2n) is 6.02. The monoisotopic (exact) mass is 368 g/mol. The van der Waals surface area contributed by atoms with Crippen molar-refractivity contribution in [2.45, 2.75) is 13.5 Å². The van der Waals surface area contributed by atoms with E-state index in [1.807, 2.05) is 49.4 Å². The van der Waals surface area contributed by atoms with Gasteiger partial charge in [-0.3, -0.25) is 4.79 Å². The van der Waals surface area contributed by atoms with Gasteiger partial charge in [0.15, 0.2) is 11.5 Å². The van der Waals surface area contributed by atoms with Crippen LogP contribution in [0.15, 0.2) is 48.5 Å². The third kappa shape index (κ3) is 3.06. The SMILES string of the molecule is CCN(Cc1ccc2c(c1)OCO2)C(=O)c1cc(Cl)nc2ccccc12. The first kappa shape index (κ1) is 16.7. The third-order valence-electron chi connectivity index (χ3n) is 4.39. The van der Waals surface area contributed by atoms with Gasteiger partial charge in [0.05, 0.1) is 11.1 Å². The fourth-order valence-electron chi connectivity index (χ4n) is 3.08. The van der Waals surface area contributed by atoms with Gasteiger partial charge in [0, 0.05) is 18.5 Å². The zero-order valence-electron chi connectivity index (χ0n) is 14.2. The average Bonchev–Trinajstić information content (AvgIpc) is 3.12. The summed E-state index contributed by atoms with van der Waals surface area (Å²) in [4.78, 5) is 19.2. The quantitative estimate of drug-likeness (QED) is 0.645. The molecule has 1 aromatic heterocycles. The van der Waals surface area contributed by atoms with Gasteiger partial charge in [-0.05, 0) is 36.8 Å². The number of hydrogen-bond acceptors (Lipinski definition) is 4. The molecule has 0 fully saturated rings. The molecule has 0 saturated heterocycles. The Labute approximate surface area is 156 Å². The largest absolute Gasteiger partial charge is 0.454 e. The Hall–Kier alpha value is -2.79. The van der Waals surface area contributed by atoms with E-state index in [9.17, 15) is 4.79 Å². The summed E-state index contributed by atoms with van der Waals surface area (Å²) in [7, 11) is 0. The van der Waals surface area contributed by atoms with Crippen molar-refractivity contribution in [2.75, 3.05) is 13.3 Å². The van der Waals surface area contributed by atoms with Crippen molar-refractivity contribution in [1.82, 2.24) is 9.88 Å². The molecule has 0 unspecified atom stereocenters. The van der Waals surface area contributed by atoms with E-state index in [4.69, 9.17) is 21.1 Å². The molecular formula is C20H17ClN2O3. The van der Waals surface area contributed by atoms with Crippen LogP contribution >= 0.6 is 11.6 Å². The molecule has 2 aromatic carbocycles. The number of carbonyl (C=O) groups excluding carboxylic acids is 1. The summed E-state index contributed by atoms with van der Waals surface area (Å²) < 4.78 is 10.8. The van der Waals surface area contributed by atoms with Gasteiger partial charge >= 0.3 is 0 Å². The van der Waals surface area contributed by atoms with Crippen LogP contribution in [-0.4, -0.2) is 29.1 Å². The molecule has 0 aliphatic carbocycles. The summed E-state index contributed by atoms with van der Waals surface area (Å²) in [6, 6.07) is 14.9. The molecule has 0 atom stereocenters. The fraction of sp³-hybridized carbons (Fsp3) is 0.200. The predicted molar refractivity (Wildman–Crippen MR) is 99.7 cm³/mol. The molecular weight excluding hydrogens is 352 g/mol. The van der Waals surface area contributed by atoms with Crippen LogP contribution in [0.5, 0.6) is 11.5 Å². The molecule has 2 heterocycles. The summed E-state index contributed by atoms with van der Waals surface area (Å²) in [6.45, 7) is 3.23. The first-order valence-electron chi connectivity index (χ1n) is 8.39.